The Morgan fingerprint density at radius 2 is 2.14 bits per heavy atom. The molecule has 1 aliphatic rings. The van der Waals surface area contributed by atoms with Gasteiger partial charge in [-0.15, -0.1) is 11.3 Å². The highest BCUT2D eigenvalue weighted by atomic mass is 32.1. The lowest BCUT2D eigenvalue weighted by Gasteiger charge is -2.32. The van der Waals surface area contributed by atoms with Crippen LogP contribution in [0.1, 0.15) is 35.2 Å². The number of aromatic nitrogens is 3. The average molecular weight is 328 g/mol. The summed E-state index contributed by atoms with van der Waals surface area (Å²) < 4.78 is 38.0. The van der Waals surface area contributed by atoms with Gasteiger partial charge in [0.25, 0.3) is 0 Å². The number of aryl methyl sites for hydroxylation is 1. The van der Waals surface area contributed by atoms with Gasteiger partial charge in [0, 0.05) is 36.1 Å². The van der Waals surface area contributed by atoms with E-state index in [1.807, 2.05) is 13.0 Å². The number of hydrogen-bond acceptors (Lipinski definition) is 5. The average Bonchev–Trinajstić information content (AvgIpc) is 2.97. The highest BCUT2D eigenvalue weighted by Gasteiger charge is 2.35. The van der Waals surface area contributed by atoms with Crippen LogP contribution >= 0.6 is 11.3 Å². The van der Waals surface area contributed by atoms with E-state index in [0.29, 0.717) is 11.6 Å². The van der Waals surface area contributed by atoms with Crippen molar-refractivity contribution < 1.29 is 13.2 Å². The zero-order chi connectivity index (χ0) is 15.7. The Bertz CT molecular complexity index is 656. The summed E-state index contributed by atoms with van der Waals surface area (Å²) in [5, 5.41) is 1.66. The smallest absolute Gasteiger partial charge is 0.356 e. The van der Waals surface area contributed by atoms with Gasteiger partial charge in [0.05, 0.1) is 5.01 Å². The summed E-state index contributed by atoms with van der Waals surface area (Å²) in [6.07, 6.45) is -1.09. The van der Waals surface area contributed by atoms with E-state index < -0.39 is 11.9 Å². The van der Waals surface area contributed by atoms with Crippen molar-refractivity contribution in [2.45, 2.75) is 31.9 Å². The van der Waals surface area contributed by atoms with E-state index in [9.17, 15) is 13.2 Å². The molecule has 1 fully saturated rings. The Labute approximate surface area is 130 Å². The molecule has 22 heavy (non-hydrogen) atoms. The molecule has 1 unspecified atom stereocenters. The summed E-state index contributed by atoms with van der Waals surface area (Å²) in [7, 11) is 0. The first-order valence-electron chi connectivity index (χ1n) is 6.99. The molecule has 8 heteroatoms. The fraction of sp³-hybridized carbons (Fsp3) is 0.500. The molecule has 0 aliphatic carbocycles. The molecule has 0 radical (unpaired) electrons. The van der Waals surface area contributed by atoms with Gasteiger partial charge in [-0.25, -0.2) is 15.0 Å². The van der Waals surface area contributed by atoms with Gasteiger partial charge in [-0.2, -0.15) is 13.2 Å². The van der Waals surface area contributed by atoms with E-state index in [1.54, 1.807) is 0 Å². The molecule has 1 aliphatic heterocycles. The SMILES string of the molecule is Cc1cc(N2CCCC(c3nc(C(F)(F)F)cs3)C2)ncn1. The third-order valence-corrected chi connectivity index (χ3v) is 4.70. The lowest BCUT2D eigenvalue weighted by molar-refractivity contribution is -0.140. The number of halogens is 3. The maximum Gasteiger partial charge on any atom is 0.434 e. The summed E-state index contributed by atoms with van der Waals surface area (Å²) >= 11 is 1.09. The third kappa shape index (κ3) is 3.21. The number of thiazole rings is 1. The van der Waals surface area contributed by atoms with E-state index in [4.69, 9.17) is 0 Å². The maximum atomic E-state index is 12.7. The van der Waals surface area contributed by atoms with Crippen molar-refractivity contribution in [3.63, 3.8) is 0 Å². The summed E-state index contributed by atoms with van der Waals surface area (Å²) in [5.41, 5.74) is 0.0863. The third-order valence-electron chi connectivity index (χ3n) is 3.70. The number of piperidine rings is 1. The van der Waals surface area contributed by atoms with Crippen molar-refractivity contribution >= 4 is 17.2 Å². The van der Waals surface area contributed by atoms with Crippen molar-refractivity contribution in [3.8, 4) is 0 Å². The molecule has 0 spiro atoms. The van der Waals surface area contributed by atoms with Crippen molar-refractivity contribution in [2.24, 2.45) is 0 Å². The van der Waals surface area contributed by atoms with Crippen molar-refractivity contribution in [1.29, 1.82) is 0 Å². The van der Waals surface area contributed by atoms with Gasteiger partial charge in [0.15, 0.2) is 5.69 Å². The van der Waals surface area contributed by atoms with Gasteiger partial charge >= 0.3 is 6.18 Å². The second-order valence-electron chi connectivity index (χ2n) is 5.37. The number of anilines is 1. The zero-order valence-corrected chi connectivity index (χ0v) is 12.8. The normalized spacial score (nSPS) is 19.5. The summed E-state index contributed by atoms with van der Waals surface area (Å²) in [6.45, 7) is 3.38. The molecule has 2 aromatic rings. The molecule has 1 saturated heterocycles. The van der Waals surface area contributed by atoms with Crippen LogP contribution in [0.25, 0.3) is 0 Å². The van der Waals surface area contributed by atoms with E-state index in [1.165, 1.54) is 6.33 Å². The zero-order valence-electron chi connectivity index (χ0n) is 12.0. The minimum atomic E-state index is -4.37. The van der Waals surface area contributed by atoms with Gasteiger partial charge in [0.2, 0.25) is 0 Å². The van der Waals surface area contributed by atoms with Crippen molar-refractivity contribution in [3.05, 3.63) is 34.2 Å². The molecule has 0 aromatic carbocycles. The number of nitrogens with zero attached hydrogens (tertiary/aromatic N) is 4. The lowest BCUT2D eigenvalue weighted by atomic mass is 9.98. The first-order valence-corrected chi connectivity index (χ1v) is 7.87. The Morgan fingerprint density at radius 1 is 1.32 bits per heavy atom. The Morgan fingerprint density at radius 3 is 2.82 bits per heavy atom. The molecule has 4 nitrogen and oxygen atoms in total. The second-order valence-corrected chi connectivity index (χ2v) is 6.26. The van der Waals surface area contributed by atoms with Crippen LogP contribution < -0.4 is 4.90 Å². The summed E-state index contributed by atoms with van der Waals surface area (Å²) in [4.78, 5) is 14.2. The van der Waals surface area contributed by atoms with E-state index in [-0.39, 0.29) is 5.92 Å². The van der Waals surface area contributed by atoms with Crippen LogP contribution in [0, 0.1) is 6.92 Å². The van der Waals surface area contributed by atoms with Crippen LogP contribution in [0.4, 0.5) is 19.0 Å². The van der Waals surface area contributed by atoms with Gasteiger partial charge in [-0.3, -0.25) is 0 Å². The Balaban J connectivity index is 1.77. The highest BCUT2D eigenvalue weighted by molar-refractivity contribution is 7.09. The summed E-state index contributed by atoms with van der Waals surface area (Å²) in [5.74, 6) is 0.843. The largest absolute Gasteiger partial charge is 0.434 e. The van der Waals surface area contributed by atoms with Crippen molar-refractivity contribution in [1.82, 2.24) is 15.0 Å². The van der Waals surface area contributed by atoms with E-state index in [2.05, 4.69) is 19.9 Å². The van der Waals surface area contributed by atoms with E-state index >= 15 is 0 Å². The van der Waals surface area contributed by atoms with Crippen LogP contribution in [0.3, 0.4) is 0 Å². The molecule has 0 amide bonds. The van der Waals surface area contributed by atoms with Crippen LogP contribution in [0.2, 0.25) is 0 Å². The molecule has 3 heterocycles. The molecule has 0 bridgehead atoms. The quantitative estimate of drug-likeness (QED) is 0.844. The fourth-order valence-electron chi connectivity index (χ4n) is 2.61. The van der Waals surface area contributed by atoms with Crippen molar-refractivity contribution in [2.75, 3.05) is 18.0 Å². The van der Waals surface area contributed by atoms with Gasteiger partial charge < -0.3 is 4.90 Å². The number of hydrogen-bond donors (Lipinski definition) is 0. The Hall–Kier alpha value is -1.70. The molecular weight excluding hydrogens is 313 g/mol. The van der Waals surface area contributed by atoms with Crippen LogP contribution in [0.15, 0.2) is 17.8 Å². The topological polar surface area (TPSA) is 41.9 Å². The first-order chi connectivity index (χ1) is 10.4. The first kappa shape index (κ1) is 15.2. The molecule has 0 N–H and O–H groups in total. The van der Waals surface area contributed by atoms with Gasteiger partial charge in [-0.1, -0.05) is 0 Å². The fourth-order valence-corrected chi connectivity index (χ4v) is 3.56. The van der Waals surface area contributed by atoms with E-state index in [0.717, 1.165) is 47.6 Å². The Kier molecular flexibility index (Phi) is 4.03. The minimum absolute atomic E-state index is 0.0186. The molecular formula is C14H15F3N4S. The number of alkyl halides is 3. The number of rotatable bonds is 2. The van der Waals surface area contributed by atoms with Crippen LogP contribution in [-0.4, -0.2) is 28.0 Å². The lowest BCUT2D eigenvalue weighted by Crippen LogP contribution is -2.35. The van der Waals surface area contributed by atoms with Gasteiger partial charge in [-0.05, 0) is 19.8 Å². The monoisotopic (exact) mass is 328 g/mol. The molecule has 1 atom stereocenters. The molecule has 118 valence electrons. The maximum absolute atomic E-state index is 12.7. The predicted molar refractivity (Wildman–Crippen MR) is 78.1 cm³/mol. The van der Waals surface area contributed by atoms with Crippen LogP contribution in [0.5, 0.6) is 0 Å². The van der Waals surface area contributed by atoms with Crippen LogP contribution in [-0.2, 0) is 6.18 Å². The van der Waals surface area contributed by atoms with Gasteiger partial charge in [0.1, 0.15) is 12.1 Å². The standard InChI is InChI=1S/C14H15F3N4S/c1-9-5-12(19-8-18-9)21-4-2-3-10(6-21)13-20-11(7-22-13)14(15,16)17/h5,7-8,10H,2-4,6H2,1H3. The highest BCUT2D eigenvalue weighted by Crippen LogP contribution is 2.35. The second kappa shape index (κ2) is 5.83. The minimum Gasteiger partial charge on any atom is -0.356 e. The molecule has 3 rings (SSSR count). The molecule has 0 saturated carbocycles. The molecule has 2 aromatic heterocycles. The predicted octanol–water partition coefficient (Wildman–Crippen LogP) is 3.64. The summed E-state index contributed by atoms with van der Waals surface area (Å²) in [6, 6.07) is 1.89.